The molecular formula is C9H12N2S2. The standard InChI is InChI=1S/C9H12N2S2/c1-7-2-4-12-8(7)6-11-9-10-3-5-13-9/h2,4H,3,5-6H2,1H3,(H,10,11). The number of hydrogen-bond acceptors (Lipinski definition) is 4. The van der Waals surface area contributed by atoms with Crippen molar-refractivity contribution in [3.63, 3.8) is 0 Å². The molecule has 1 aliphatic heterocycles. The number of thioether (sulfide) groups is 1. The molecule has 1 aromatic rings. The first-order valence-corrected chi connectivity index (χ1v) is 6.17. The van der Waals surface area contributed by atoms with E-state index in [9.17, 15) is 0 Å². The summed E-state index contributed by atoms with van der Waals surface area (Å²) in [5.41, 5.74) is 1.38. The van der Waals surface area contributed by atoms with Crippen LogP contribution in [0.25, 0.3) is 0 Å². The molecule has 2 rings (SSSR count). The number of thiophene rings is 1. The zero-order valence-electron chi connectivity index (χ0n) is 7.54. The maximum atomic E-state index is 4.34. The predicted molar refractivity (Wildman–Crippen MR) is 60.7 cm³/mol. The van der Waals surface area contributed by atoms with Crippen molar-refractivity contribution in [3.05, 3.63) is 21.9 Å². The molecule has 0 bridgehead atoms. The molecule has 2 nitrogen and oxygen atoms in total. The molecule has 2 heterocycles. The molecule has 0 spiro atoms. The van der Waals surface area contributed by atoms with Gasteiger partial charge in [-0.15, -0.1) is 11.3 Å². The molecule has 0 radical (unpaired) electrons. The van der Waals surface area contributed by atoms with Crippen molar-refractivity contribution in [2.45, 2.75) is 13.5 Å². The number of amidine groups is 1. The molecular weight excluding hydrogens is 200 g/mol. The van der Waals surface area contributed by atoms with Gasteiger partial charge in [-0.05, 0) is 23.9 Å². The number of aryl methyl sites for hydroxylation is 1. The highest BCUT2D eigenvalue weighted by molar-refractivity contribution is 8.14. The Bertz CT molecular complexity index is 317. The maximum absolute atomic E-state index is 4.34. The summed E-state index contributed by atoms with van der Waals surface area (Å²) in [6.45, 7) is 4.04. The minimum atomic E-state index is 0.926. The second kappa shape index (κ2) is 4.15. The third-order valence-electron chi connectivity index (χ3n) is 1.95. The van der Waals surface area contributed by atoms with Crippen LogP contribution in [0.4, 0.5) is 0 Å². The van der Waals surface area contributed by atoms with Gasteiger partial charge in [-0.1, -0.05) is 11.8 Å². The predicted octanol–water partition coefficient (Wildman–Crippen LogP) is 2.25. The van der Waals surface area contributed by atoms with Gasteiger partial charge in [0.1, 0.15) is 0 Å². The minimum absolute atomic E-state index is 0.926. The van der Waals surface area contributed by atoms with E-state index in [0.717, 1.165) is 24.0 Å². The van der Waals surface area contributed by atoms with Gasteiger partial charge in [0.15, 0.2) is 5.17 Å². The van der Waals surface area contributed by atoms with Gasteiger partial charge in [0.05, 0.1) is 13.1 Å². The number of nitrogens with zero attached hydrogens (tertiary/aromatic N) is 1. The van der Waals surface area contributed by atoms with Crippen molar-refractivity contribution in [3.8, 4) is 0 Å². The lowest BCUT2D eigenvalue weighted by molar-refractivity contribution is 0.935. The normalized spacial score (nSPS) is 15.9. The van der Waals surface area contributed by atoms with Gasteiger partial charge in [0.2, 0.25) is 0 Å². The summed E-state index contributed by atoms with van der Waals surface area (Å²) in [6.07, 6.45) is 0. The van der Waals surface area contributed by atoms with Gasteiger partial charge < -0.3 is 5.32 Å². The van der Waals surface area contributed by atoms with Gasteiger partial charge in [0.25, 0.3) is 0 Å². The van der Waals surface area contributed by atoms with Crippen molar-refractivity contribution in [2.24, 2.45) is 4.99 Å². The van der Waals surface area contributed by atoms with Gasteiger partial charge in [0, 0.05) is 10.6 Å². The van der Waals surface area contributed by atoms with Crippen LogP contribution in [0.3, 0.4) is 0 Å². The molecule has 0 amide bonds. The van der Waals surface area contributed by atoms with Crippen LogP contribution in [-0.4, -0.2) is 17.5 Å². The van der Waals surface area contributed by atoms with E-state index in [1.54, 1.807) is 11.3 Å². The molecule has 0 atom stereocenters. The lowest BCUT2D eigenvalue weighted by atomic mass is 10.3. The Morgan fingerprint density at radius 3 is 3.15 bits per heavy atom. The SMILES string of the molecule is Cc1ccsc1CNC1=NCCS1. The number of aliphatic imine (C=N–C) groups is 1. The molecule has 0 fully saturated rings. The van der Waals surface area contributed by atoms with Crippen molar-refractivity contribution < 1.29 is 0 Å². The molecule has 0 saturated heterocycles. The summed E-state index contributed by atoms with van der Waals surface area (Å²) in [5.74, 6) is 1.13. The number of nitrogens with one attached hydrogen (secondary N) is 1. The van der Waals surface area contributed by atoms with E-state index in [-0.39, 0.29) is 0 Å². The Labute approximate surface area is 86.5 Å². The second-order valence-electron chi connectivity index (χ2n) is 2.92. The van der Waals surface area contributed by atoms with E-state index in [1.165, 1.54) is 10.4 Å². The third-order valence-corrected chi connectivity index (χ3v) is 3.91. The first-order valence-electron chi connectivity index (χ1n) is 4.30. The fourth-order valence-corrected chi connectivity index (χ4v) is 2.76. The van der Waals surface area contributed by atoms with Gasteiger partial charge in [-0.25, -0.2) is 0 Å². The maximum Gasteiger partial charge on any atom is 0.156 e. The first-order chi connectivity index (χ1) is 6.36. The van der Waals surface area contributed by atoms with Crippen LogP contribution in [-0.2, 0) is 6.54 Å². The zero-order valence-corrected chi connectivity index (χ0v) is 9.17. The van der Waals surface area contributed by atoms with Crippen LogP contribution in [0.1, 0.15) is 10.4 Å². The summed E-state index contributed by atoms with van der Waals surface area (Å²) in [4.78, 5) is 5.75. The first kappa shape index (κ1) is 9.09. The van der Waals surface area contributed by atoms with Crippen molar-refractivity contribution in [2.75, 3.05) is 12.3 Å². The Balaban J connectivity index is 1.89. The monoisotopic (exact) mass is 212 g/mol. The van der Waals surface area contributed by atoms with E-state index in [4.69, 9.17) is 0 Å². The molecule has 70 valence electrons. The Kier molecular flexibility index (Phi) is 2.90. The van der Waals surface area contributed by atoms with Gasteiger partial charge >= 0.3 is 0 Å². The molecule has 1 aromatic heterocycles. The molecule has 4 heteroatoms. The van der Waals surface area contributed by atoms with Crippen LogP contribution in [0.2, 0.25) is 0 Å². The molecule has 1 N–H and O–H groups in total. The van der Waals surface area contributed by atoms with Crippen LogP contribution >= 0.6 is 23.1 Å². The summed E-state index contributed by atoms with van der Waals surface area (Å²) in [7, 11) is 0. The summed E-state index contributed by atoms with van der Waals surface area (Å²) < 4.78 is 0. The highest BCUT2D eigenvalue weighted by Gasteiger charge is 2.06. The summed E-state index contributed by atoms with van der Waals surface area (Å²) in [6, 6.07) is 2.16. The van der Waals surface area contributed by atoms with Gasteiger partial charge in [-0.3, -0.25) is 4.99 Å². The highest BCUT2D eigenvalue weighted by Crippen LogP contribution is 2.16. The van der Waals surface area contributed by atoms with Crippen molar-refractivity contribution >= 4 is 28.3 Å². The minimum Gasteiger partial charge on any atom is -0.360 e. The van der Waals surface area contributed by atoms with E-state index in [2.05, 4.69) is 28.7 Å². The highest BCUT2D eigenvalue weighted by atomic mass is 32.2. The third kappa shape index (κ3) is 2.25. The smallest absolute Gasteiger partial charge is 0.156 e. The average Bonchev–Trinajstić information content (AvgIpc) is 2.72. The van der Waals surface area contributed by atoms with Gasteiger partial charge in [-0.2, -0.15) is 0 Å². The zero-order chi connectivity index (χ0) is 9.10. The summed E-state index contributed by atoms with van der Waals surface area (Å²) >= 11 is 3.62. The van der Waals surface area contributed by atoms with Crippen LogP contribution in [0.5, 0.6) is 0 Å². The summed E-state index contributed by atoms with van der Waals surface area (Å²) in [5, 5.41) is 6.59. The fourth-order valence-electron chi connectivity index (χ4n) is 1.18. The Hall–Kier alpha value is -0.480. The average molecular weight is 212 g/mol. The number of rotatable bonds is 2. The molecule has 13 heavy (non-hydrogen) atoms. The molecule has 0 aromatic carbocycles. The van der Waals surface area contributed by atoms with E-state index >= 15 is 0 Å². The number of hydrogen-bond donors (Lipinski definition) is 1. The van der Waals surface area contributed by atoms with Crippen LogP contribution < -0.4 is 5.32 Å². The second-order valence-corrected chi connectivity index (χ2v) is 5.00. The largest absolute Gasteiger partial charge is 0.360 e. The van der Waals surface area contributed by atoms with E-state index < -0.39 is 0 Å². The quantitative estimate of drug-likeness (QED) is 0.813. The Morgan fingerprint density at radius 1 is 1.62 bits per heavy atom. The van der Waals surface area contributed by atoms with Crippen LogP contribution in [0, 0.1) is 6.92 Å². The Morgan fingerprint density at radius 2 is 2.54 bits per heavy atom. The lowest BCUT2D eigenvalue weighted by Gasteiger charge is -2.03. The fraction of sp³-hybridized carbons (Fsp3) is 0.444. The topological polar surface area (TPSA) is 24.4 Å². The van der Waals surface area contributed by atoms with E-state index in [0.29, 0.717) is 0 Å². The molecule has 0 saturated carbocycles. The molecule has 0 unspecified atom stereocenters. The molecule has 1 aliphatic rings. The van der Waals surface area contributed by atoms with Crippen LogP contribution in [0.15, 0.2) is 16.4 Å². The van der Waals surface area contributed by atoms with Crippen molar-refractivity contribution in [1.29, 1.82) is 0 Å². The lowest BCUT2D eigenvalue weighted by Crippen LogP contribution is -2.17. The van der Waals surface area contributed by atoms with E-state index in [1.807, 2.05) is 11.8 Å². The van der Waals surface area contributed by atoms with Crippen molar-refractivity contribution in [1.82, 2.24) is 5.32 Å². The molecule has 0 aliphatic carbocycles.